The van der Waals surface area contributed by atoms with Gasteiger partial charge in [-0.25, -0.2) is 0 Å². The van der Waals surface area contributed by atoms with Gasteiger partial charge in [-0.3, -0.25) is 9.59 Å². The number of aliphatic hydroxyl groups is 1. The minimum Gasteiger partial charge on any atom is -0.507 e. The van der Waals surface area contributed by atoms with E-state index in [-0.39, 0.29) is 11.3 Å². The first-order valence-electron chi connectivity index (χ1n) is 9.17. The second-order valence-electron chi connectivity index (χ2n) is 7.06. The van der Waals surface area contributed by atoms with Crippen LogP contribution in [-0.2, 0) is 9.59 Å². The van der Waals surface area contributed by atoms with Crippen LogP contribution in [0, 0.1) is 0 Å². The van der Waals surface area contributed by atoms with E-state index >= 15 is 0 Å². The second-order valence-corrected chi connectivity index (χ2v) is 7.46. The first-order chi connectivity index (χ1) is 13.8. The lowest BCUT2D eigenvalue weighted by Crippen LogP contribution is -2.35. The van der Waals surface area contributed by atoms with Crippen LogP contribution in [0.5, 0.6) is 5.75 Å². The summed E-state index contributed by atoms with van der Waals surface area (Å²) in [7, 11) is 5.29. The number of carbonyl (C=O) groups excluding carboxylic acids is 2. The number of ketones is 1. The highest BCUT2D eigenvalue weighted by Crippen LogP contribution is 2.40. The fraction of sp³-hybridized carbons (Fsp3) is 0.273. The van der Waals surface area contributed by atoms with E-state index in [1.807, 2.05) is 49.3 Å². The van der Waals surface area contributed by atoms with Gasteiger partial charge in [0, 0.05) is 18.7 Å². The number of amides is 1. The number of benzene rings is 2. The molecule has 1 N–H and O–H groups in total. The van der Waals surface area contributed by atoms with Gasteiger partial charge in [-0.15, -0.1) is 0 Å². The van der Waals surface area contributed by atoms with Gasteiger partial charge in [-0.05, 0) is 37.9 Å². The van der Waals surface area contributed by atoms with E-state index in [9.17, 15) is 14.7 Å². The Morgan fingerprint density at radius 1 is 1.17 bits per heavy atom. The molecular formula is C22H23ClN2O4. The van der Waals surface area contributed by atoms with Crippen LogP contribution in [-0.4, -0.2) is 60.9 Å². The van der Waals surface area contributed by atoms with E-state index in [0.29, 0.717) is 29.4 Å². The third-order valence-corrected chi connectivity index (χ3v) is 5.16. The predicted molar refractivity (Wildman–Crippen MR) is 112 cm³/mol. The number of aliphatic hydroxyl groups excluding tert-OH is 1. The number of methoxy groups -OCH3 is 1. The summed E-state index contributed by atoms with van der Waals surface area (Å²) in [6.07, 6.45) is 0. The minimum atomic E-state index is -0.706. The van der Waals surface area contributed by atoms with Crippen LogP contribution < -0.4 is 4.74 Å². The van der Waals surface area contributed by atoms with Crippen LogP contribution in [0.2, 0.25) is 5.02 Å². The Bertz CT molecular complexity index is 957. The number of nitrogens with zero attached hydrogens (tertiary/aromatic N) is 2. The molecule has 0 spiro atoms. The Balaban J connectivity index is 2.13. The van der Waals surface area contributed by atoms with Crippen molar-refractivity contribution >= 4 is 29.1 Å². The van der Waals surface area contributed by atoms with Crippen molar-refractivity contribution in [3.05, 3.63) is 70.3 Å². The number of likely N-dealkylation sites (N-methyl/N-ethyl adjacent to an activating group) is 1. The molecule has 1 aliphatic heterocycles. The topological polar surface area (TPSA) is 70.1 Å². The Kier molecular flexibility index (Phi) is 6.25. The normalized spacial score (nSPS) is 18.5. The van der Waals surface area contributed by atoms with Crippen LogP contribution in [0.25, 0.3) is 5.76 Å². The Morgan fingerprint density at radius 2 is 1.86 bits per heavy atom. The molecule has 1 fully saturated rings. The van der Waals surface area contributed by atoms with Crippen molar-refractivity contribution in [2.75, 3.05) is 34.3 Å². The highest BCUT2D eigenvalue weighted by molar-refractivity contribution is 6.46. The number of rotatable bonds is 6. The third-order valence-electron chi connectivity index (χ3n) is 4.87. The molecule has 0 radical (unpaired) electrons. The standard InChI is InChI=1S/C22H23ClN2O4/c1-24(2)11-12-25-19(14-7-5-4-6-8-14)18(21(27)22(25)28)20(26)15-9-10-17(29-3)16(23)13-15/h4-10,13,19,26H,11-12H2,1-3H3/b20-18+/t19-/m0/s1. The Labute approximate surface area is 174 Å². The summed E-state index contributed by atoms with van der Waals surface area (Å²) in [5.74, 6) is -1.13. The molecule has 6 nitrogen and oxygen atoms in total. The average molecular weight is 415 g/mol. The molecule has 1 amide bonds. The zero-order chi connectivity index (χ0) is 21.1. The largest absolute Gasteiger partial charge is 0.507 e. The van der Waals surface area contributed by atoms with Crippen molar-refractivity contribution in [2.24, 2.45) is 0 Å². The zero-order valence-electron chi connectivity index (χ0n) is 16.6. The molecule has 3 rings (SSSR count). The van der Waals surface area contributed by atoms with E-state index in [1.54, 1.807) is 12.1 Å². The van der Waals surface area contributed by atoms with E-state index in [1.165, 1.54) is 18.1 Å². The molecule has 1 heterocycles. The van der Waals surface area contributed by atoms with E-state index in [4.69, 9.17) is 16.3 Å². The molecule has 0 saturated carbocycles. The van der Waals surface area contributed by atoms with E-state index in [2.05, 4.69) is 0 Å². The summed E-state index contributed by atoms with van der Waals surface area (Å²) in [5.41, 5.74) is 1.16. The van der Waals surface area contributed by atoms with Gasteiger partial charge in [-0.2, -0.15) is 0 Å². The number of hydrogen-bond acceptors (Lipinski definition) is 5. The van der Waals surface area contributed by atoms with Gasteiger partial charge in [0.2, 0.25) is 0 Å². The minimum absolute atomic E-state index is 0.0567. The summed E-state index contributed by atoms with van der Waals surface area (Å²) in [6, 6.07) is 13.3. The average Bonchev–Trinajstić information content (AvgIpc) is 2.97. The van der Waals surface area contributed by atoms with Crippen LogP contribution in [0.3, 0.4) is 0 Å². The SMILES string of the molecule is COc1ccc(/C(O)=C2\C(=O)C(=O)N(CCN(C)C)[C@H]2c2ccccc2)cc1Cl. The first kappa shape index (κ1) is 20.9. The summed E-state index contributed by atoms with van der Waals surface area (Å²) in [4.78, 5) is 29.1. The maximum atomic E-state index is 12.9. The number of halogens is 1. The number of likely N-dealkylation sites (tertiary alicyclic amines) is 1. The van der Waals surface area contributed by atoms with E-state index in [0.717, 1.165) is 5.56 Å². The molecule has 0 aliphatic carbocycles. The van der Waals surface area contributed by atoms with Crippen molar-refractivity contribution in [1.29, 1.82) is 0 Å². The zero-order valence-corrected chi connectivity index (χ0v) is 17.3. The molecule has 1 aliphatic rings. The summed E-state index contributed by atoms with van der Waals surface area (Å²) in [6.45, 7) is 0.946. The lowest BCUT2D eigenvalue weighted by atomic mass is 9.95. The van der Waals surface area contributed by atoms with Gasteiger partial charge >= 0.3 is 0 Å². The van der Waals surface area contributed by atoms with Gasteiger partial charge < -0.3 is 19.6 Å². The van der Waals surface area contributed by atoms with Gasteiger partial charge in [-0.1, -0.05) is 41.9 Å². The Morgan fingerprint density at radius 3 is 2.45 bits per heavy atom. The van der Waals surface area contributed by atoms with Gasteiger partial charge in [0.05, 0.1) is 23.7 Å². The van der Waals surface area contributed by atoms with Crippen molar-refractivity contribution < 1.29 is 19.4 Å². The van der Waals surface area contributed by atoms with Crippen molar-refractivity contribution in [3.8, 4) is 5.75 Å². The van der Waals surface area contributed by atoms with Crippen LogP contribution >= 0.6 is 11.6 Å². The molecule has 7 heteroatoms. The number of ether oxygens (including phenoxy) is 1. The molecular weight excluding hydrogens is 392 g/mol. The fourth-order valence-corrected chi connectivity index (χ4v) is 3.63. The van der Waals surface area contributed by atoms with Crippen molar-refractivity contribution in [3.63, 3.8) is 0 Å². The fourth-order valence-electron chi connectivity index (χ4n) is 3.37. The smallest absolute Gasteiger partial charge is 0.295 e. The summed E-state index contributed by atoms with van der Waals surface area (Å²) < 4.78 is 5.14. The van der Waals surface area contributed by atoms with Crippen LogP contribution in [0.4, 0.5) is 0 Å². The van der Waals surface area contributed by atoms with Crippen LogP contribution in [0.1, 0.15) is 17.2 Å². The molecule has 0 bridgehead atoms. The molecule has 152 valence electrons. The van der Waals surface area contributed by atoms with Gasteiger partial charge in [0.15, 0.2) is 0 Å². The predicted octanol–water partition coefficient (Wildman–Crippen LogP) is 3.33. The quantitative estimate of drug-likeness (QED) is 0.446. The molecule has 2 aromatic carbocycles. The number of Topliss-reactive ketones (excluding diaryl/α,β-unsaturated/α-hetero) is 1. The van der Waals surface area contributed by atoms with E-state index < -0.39 is 17.7 Å². The third kappa shape index (κ3) is 4.13. The molecule has 1 saturated heterocycles. The maximum absolute atomic E-state index is 12.9. The number of carbonyl (C=O) groups is 2. The molecule has 0 unspecified atom stereocenters. The summed E-state index contributed by atoms with van der Waals surface area (Å²) >= 11 is 6.19. The molecule has 0 aromatic heterocycles. The number of hydrogen-bond donors (Lipinski definition) is 1. The lowest BCUT2D eigenvalue weighted by molar-refractivity contribution is -0.140. The van der Waals surface area contributed by atoms with Crippen molar-refractivity contribution in [2.45, 2.75) is 6.04 Å². The van der Waals surface area contributed by atoms with Crippen molar-refractivity contribution in [1.82, 2.24) is 9.80 Å². The highest BCUT2D eigenvalue weighted by Gasteiger charge is 2.45. The lowest BCUT2D eigenvalue weighted by Gasteiger charge is -2.26. The summed E-state index contributed by atoms with van der Waals surface area (Å²) in [5, 5.41) is 11.3. The molecule has 1 atom stereocenters. The maximum Gasteiger partial charge on any atom is 0.295 e. The monoisotopic (exact) mass is 414 g/mol. The highest BCUT2D eigenvalue weighted by atomic mass is 35.5. The van der Waals surface area contributed by atoms with Gasteiger partial charge in [0.25, 0.3) is 11.7 Å². The Hall–Kier alpha value is -2.83. The first-order valence-corrected chi connectivity index (χ1v) is 9.55. The molecule has 2 aromatic rings. The molecule has 29 heavy (non-hydrogen) atoms. The van der Waals surface area contributed by atoms with Gasteiger partial charge in [0.1, 0.15) is 11.5 Å². The second kappa shape index (κ2) is 8.68. The van der Waals surface area contributed by atoms with Crippen LogP contribution in [0.15, 0.2) is 54.1 Å².